The van der Waals surface area contributed by atoms with Crippen LogP contribution in [0, 0.1) is 6.92 Å². The van der Waals surface area contributed by atoms with Crippen molar-refractivity contribution in [3.8, 4) is 11.5 Å². The molecule has 0 bridgehead atoms. The third-order valence-electron chi connectivity index (χ3n) is 5.27. The van der Waals surface area contributed by atoms with Crippen LogP contribution in [-0.4, -0.2) is 37.1 Å². The zero-order valence-electron chi connectivity index (χ0n) is 16.3. The molecule has 0 aromatic carbocycles. The molecule has 0 aliphatic carbocycles. The van der Waals surface area contributed by atoms with Crippen LogP contribution < -0.4 is 0 Å². The Balaban J connectivity index is 1.61. The fourth-order valence-electron chi connectivity index (χ4n) is 3.88. The Hall–Kier alpha value is -3.63. The second-order valence-corrected chi connectivity index (χ2v) is 7.31. The molecule has 0 spiro atoms. The van der Waals surface area contributed by atoms with Crippen LogP contribution in [0.15, 0.2) is 45.7 Å². The Morgan fingerprint density at radius 2 is 2.13 bits per heavy atom. The Morgan fingerprint density at radius 1 is 1.29 bits per heavy atom. The standard InChI is InChI=1S/C20H16F3N5O3/c1-11-8-13(26-31-11)15-4-2-6-27(15)19(29)12-10-24-28-17(20(21,22)23)9-14(25-18(12)28)16-5-3-7-30-16/h3,5,7-10,15H,2,4,6H2,1H3/t15-/m0/s1. The van der Waals surface area contributed by atoms with Crippen LogP contribution in [0.3, 0.4) is 0 Å². The molecule has 31 heavy (non-hydrogen) atoms. The highest BCUT2D eigenvalue weighted by Gasteiger charge is 2.38. The number of nitrogens with zero attached hydrogens (tertiary/aromatic N) is 5. The summed E-state index contributed by atoms with van der Waals surface area (Å²) in [5.41, 5.74) is -0.684. The molecule has 0 radical (unpaired) electrons. The van der Waals surface area contributed by atoms with Crippen molar-refractivity contribution in [1.82, 2.24) is 24.7 Å². The highest BCUT2D eigenvalue weighted by molar-refractivity contribution is 6.00. The van der Waals surface area contributed by atoms with E-state index in [4.69, 9.17) is 8.94 Å². The summed E-state index contributed by atoms with van der Waals surface area (Å²) in [6.45, 7) is 2.19. The molecule has 8 nitrogen and oxygen atoms in total. The first kappa shape index (κ1) is 19.3. The fraction of sp³-hybridized carbons (Fsp3) is 0.300. The van der Waals surface area contributed by atoms with Crippen LogP contribution in [0.1, 0.15) is 46.4 Å². The van der Waals surface area contributed by atoms with Crippen LogP contribution in [0.25, 0.3) is 17.1 Å². The van der Waals surface area contributed by atoms with Gasteiger partial charge in [-0.1, -0.05) is 5.16 Å². The average Bonchev–Trinajstić information content (AvgIpc) is 3.51. The van der Waals surface area contributed by atoms with E-state index in [1.165, 1.54) is 12.3 Å². The van der Waals surface area contributed by atoms with Gasteiger partial charge in [0.15, 0.2) is 17.1 Å². The molecule has 1 atom stereocenters. The lowest BCUT2D eigenvalue weighted by Gasteiger charge is -2.22. The minimum absolute atomic E-state index is 0.0222. The molecule has 1 amide bonds. The van der Waals surface area contributed by atoms with Gasteiger partial charge < -0.3 is 13.8 Å². The molecule has 1 aliphatic rings. The summed E-state index contributed by atoms with van der Waals surface area (Å²) in [5, 5.41) is 7.83. The number of halogens is 3. The molecule has 1 saturated heterocycles. The number of carbonyl (C=O) groups is 1. The number of furan rings is 1. The second-order valence-electron chi connectivity index (χ2n) is 7.31. The molecule has 5 rings (SSSR count). The fourth-order valence-corrected chi connectivity index (χ4v) is 3.88. The molecule has 0 N–H and O–H groups in total. The van der Waals surface area contributed by atoms with Crippen molar-refractivity contribution in [2.24, 2.45) is 0 Å². The summed E-state index contributed by atoms with van der Waals surface area (Å²) in [7, 11) is 0. The van der Waals surface area contributed by atoms with Crippen LogP contribution in [0.5, 0.6) is 0 Å². The predicted octanol–water partition coefficient (Wildman–Crippen LogP) is 4.28. The monoisotopic (exact) mass is 431 g/mol. The first-order valence-corrected chi connectivity index (χ1v) is 9.57. The first-order valence-electron chi connectivity index (χ1n) is 9.57. The number of aromatic nitrogens is 4. The maximum Gasteiger partial charge on any atom is 0.433 e. The third-order valence-corrected chi connectivity index (χ3v) is 5.27. The maximum absolute atomic E-state index is 13.7. The lowest BCUT2D eigenvalue weighted by molar-refractivity contribution is -0.142. The minimum Gasteiger partial charge on any atom is -0.463 e. The smallest absolute Gasteiger partial charge is 0.433 e. The lowest BCUT2D eigenvalue weighted by Crippen LogP contribution is -2.30. The van der Waals surface area contributed by atoms with Crippen molar-refractivity contribution in [1.29, 1.82) is 0 Å². The summed E-state index contributed by atoms with van der Waals surface area (Å²) < 4.78 is 52.1. The average molecular weight is 431 g/mol. The number of aryl methyl sites for hydroxylation is 1. The van der Waals surface area contributed by atoms with Crippen molar-refractivity contribution >= 4 is 11.6 Å². The Labute approximate surface area is 173 Å². The van der Waals surface area contributed by atoms with Crippen molar-refractivity contribution in [3.05, 3.63) is 59.4 Å². The highest BCUT2D eigenvalue weighted by atomic mass is 19.4. The van der Waals surface area contributed by atoms with Crippen LogP contribution in [0.4, 0.5) is 13.2 Å². The molecular weight excluding hydrogens is 415 g/mol. The summed E-state index contributed by atoms with van der Waals surface area (Å²) in [5.74, 6) is 0.310. The summed E-state index contributed by atoms with van der Waals surface area (Å²) in [6.07, 6.45) is -0.833. The van der Waals surface area contributed by atoms with E-state index in [-0.39, 0.29) is 28.7 Å². The van der Waals surface area contributed by atoms with Crippen LogP contribution in [-0.2, 0) is 6.18 Å². The van der Waals surface area contributed by atoms with E-state index in [1.807, 2.05) is 0 Å². The summed E-state index contributed by atoms with van der Waals surface area (Å²) in [4.78, 5) is 19.2. The Morgan fingerprint density at radius 3 is 2.81 bits per heavy atom. The zero-order chi connectivity index (χ0) is 21.8. The number of alkyl halides is 3. The van der Waals surface area contributed by atoms with E-state index in [9.17, 15) is 18.0 Å². The van der Waals surface area contributed by atoms with Gasteiger partial charge in [-0.2, -0.15) is 18.3 Å². The molecule has 0 saturated carbocycles. The normalized spacial score (nSPS) is 17.0. The number of hydrogen-bond donors (Lipinski definition) is 0. The molecule has 0 unspecified atom stereocenters. The number of likely N-dealkylation sites (tertiary alicyclic amines) is 1. The van der Waals surface area contributed by atoms with Gasteiger partial charge in [0.1, 0.15) is 22.7 Å². The van der Waals surface area contributed by atoms with E-state index in [2.05, 4.69) is 15.2 Å². The van der Waals surface area contributed by atoms with Gasteiger partial charge in [-0.3, -0.25) is 4.79 Å². The second kappa shape index (κ2) is 6.96. The molecule has 11 heteroatoms. The van der Waals surface area contributed by atoms with Gasteiger partial charge in [0.05, 0.1) is 18.5 Å². The van der Waals surface area contributed by atoms with E-state index >= 15 is 0 Å². The van der Waals surface area contributed by atoms with Gasteiger partial charge in [0.2, 0.25) is 0 Å². The maximum atomic E-state index is 13.7. The molecule has 1 aliphatic heterocycles. The van der Waals surface area contributed by atoms with Crippen molar-refractivity contribution in [3.63, 3.8) is 0 Å². The number of amides is 1. The van der Waals surface area contributed by atoms with Gasteiger partial charge in [-0.15, -0.1) is 0 Å². The van der Waals surface area contributed by atoms with Gasteiger partial charge in [0.25, 0.3) is 5.91 Å². The largest absolute Gasteiger partial charge is 0.463 e. The Kier molecular flexibility index (Phi) is 4.34. The SMILES string of the molecule is Cc1cc([C@@H]2CCCN2C(=O)c2cnn3c(C(F)(F)F)cc(-c4ccco4)nc23)no1. The molecular formula is C20H16F3N5O3. The van der Waals surface area contributed by atoms with Gasteiger partial charge in [0, 0.05) is 12.6 Å². The number of rotatable bonds is 3. The van der Waals surface area contributed by atoms with Crippen LogP contribution in [0.2, 0.25) is 0 Å². The first-order chi connectivity index (χ1) is 14.8. The van der Waals surface area contributed by atoms with E-state index < -0.39 is 17.8 Å². The molecule has 4 aromatic heterocycles. The van der Waals surface area contributed by atoms with Crippen molar-refractivity contribution in [2.75, 3.05) is 6.54 Å². The number of fused-ring (bicyclic) bond motifs is 1. The predicted molar refractivity (Wildman–Crippen MR) is 99.9 cm³/mol. The van der Waals surface area contributed by atoms with E-state index in [0.717, 1.165) is 18.7 Å². The molecule has 5 heterocycles. The van der Waals surface area contributed by atoms with Crippen molar-refractivity contribution < 1.29 is 26.9 Å². The lowest BCUT2D eigenvalue weighted by atomic mass is 10.1. The number of hydrogen-bond acceptors (Lipinski definition) is 6. The van der Waals surface area contributed by atoms with Gasteiger partial charge in [-0.05, 0) is 38.0 Å². The van der Waals surface area contributed by atoms with Gasteiger partial charge >= 0.3 is 6.18 Å². The third kappa shape index (κ3) is 3.25. The summed E-state index contributed by atoms with van der Waals surface area (Å²) in [6, 6.07) is 5.33. The molecule has 1 fully saturated rings. The minimum atomic E-state index is -4.71. The van der Waals surface area contributed by atoms with Crippen LogP contribution >= 0.6 is 0 Å². The summed E-state index contributed by atoms with van der Waals surface area (Å²) >= 11 is 0. The Bertz CT molecular complexity index is 1260. The van der Waals surface area contributed by atoms with Crippen molar-refractivity contribution in [2.45, 2.75) is 32.0 Å². The quantitative estimate of drug-likeness (QED) is 0.481. The van der Waals surface area contributed by atoms with Gasteiger partial charge in [-0.25, -0.2) is 9.50 Å². The number of carbonyl (C=O) groups excluding carboxylic acids is 1. The molecule has 160 valence electrons. The van der Waals surface area contributed by atoms with E-state index in [0.29, 0.717) is 28.9 Å². The molecule has 4 aromatic rings. The zero-order valence-corrected chi connectivity index (χ0v) is 16.3. The highest BCUT2D eigenvalue weighted by Crippen LogP contribution is 2.35. The topological polar surface area (TPSA) is 89.7 Å². The van der Waals surface area contributed by atoms with E-state index in [1.54, 1.807) is 24.0 Å².